The number of hydrogen-bond acceptors (Lipinski definition) is 3. The van der Waals surface area contributed by atoms with Gasteiger partial charge in [0.15, 0.2) is 0 Å². The number of hydrogen-bond donors (Lipinski definition) is 0. The van der Waals surface area contributed by atoms with Gasteiger partial charge >= 0.3 is 0 Å². The minimum absolute atomic E-state index is 0.177. The van der Waals surface area contributed by atoms with E-state index in [4.69, 9.17) is 4.74 Å². The molecule has 0 N–H and O–H groups in total. The Hall–Kier alpha value is -0.960. The van der Waals surface area contributed by atoms with Crippen LogP contribution in [0.2, 0.25) is 0 Å². The highest BCUT2D eigenvalue weighted by atomic mass is 16.5. The van der Waals surface area contributed by atoms with Crippen LogP contribution in [0.4, 0.5) is 0 Å². The summed E-state index contributed by atoms with van der Waals surface area (Å²) < 4.78 is 5.32. The van der Waals surface area contributed by atoms with Crippen LogP contribution in [0.15, 0.2) is 12.5 Å². The highest BCUT2D eigenvalue weighted by Gasteiger charge is 2.19. The molecule has 1 unspecified atom stereocenters. The number of nitrogens with zero attached hydrogens (tertiary/aromatic N) is 2. The van der Waals surface area contributed by atoms with Gasteiger partial charge in [-0.15, -0.1) is 0 Å². The fourth-order valence-corrected chi connectivity index (χ4v) is 1.12. The average molecular weight is 136 g/mol. The second-order valence-electron chi connectivity index (χ2n) is 2.38. The van der Waals surface area contributed by atoms with Crippen LogP contribution in [-0.4, -0.2) is 9.97 Å². The third-order valence-electron chi connectivity index (χ3n) is 1.74. The second kappa shape index (κ2) is 2.02. The Morgan fingerprint density at radius 3 is 3.40 bits per heavy atom. The van der Waals surface area contributed by atoms with Crippen LogP contribution in [0.3, 0.4) is 0 Å². The van der Waals surface area contributed by atoms with Gasteiger partial charge < -0.3 is 4.74 Å². The molecule has 0 aromatic carbocycles. The molecule has 1 aliphatic heterocycles. The van der Waals surface area contributed by atoms with E-state index in [-0.39, 0.29) is 6.10 Å². The van der Waals surface area contributed by atoms with Gasteiger partial charge in [-0.2, -0.15) is 0 Å². The van der Waals surface area contributed by atoms with Crippen molar-refractivity contribution in [2.45, 2.75) is 19.6 Å². The summed E-state index contributed by atoms with van der Waals surface area (Å²) in [6, 6.07) is 0. The molecule has 0 spiro atoms. The summed E-state index contributed by atoms with van der Waals surface area (Å²) in [5.74, 6) is 0. The van der Waals surface area contributed by atoms with Crippen LogP contribution >= 0.6 is 0 Å². The molecule has 0 fully saturated rings. The van der Waals surface area contributed by atoms with E-state index in [0.717, 1.165) is 11.3 Å². The molecule has 52 valence electrons. The highest BCUT2D eigenvalue weighted by Crippen LogP contribution is 2.26. The highest BCUT2D eigenvalue weighted by molar-refractivity contribution is 5.20. The molecule has 0 bridgehead atoms. The van der Waals surface area contributed by atoms with E-state index in [1.807, 2.05) is 13.1 Å². The summed E-state index contributed by atoms with van der Waals surface area (Å²) in [5, 5.41) is 0. The molecule has 2 heterocycles. The minimum atomic E-state index is 0.177. The zero-order valence-corrected chi connectivity index (χ0v) is 5.74. The summed E-state index contributed by atoms with van der Waals surface area (Å²) in [6.45, 7) is 2.65. The van der Waals surface area contributed by atoms with Gasteiger partial charge in [0.05, 0.1) is 18.4 Å². The predicted molar refractivity (Wildman–Crippen MR) is 35.2 cm³/mol. The molecule has 1 aliphatic rings. The summed E-state index contributed by atoms with van der Waals surface area (Å²) >= 11 is 0. The lowest BCUT2D eigenvalue weighted by Gasteiger charge is -1.99. The zero-order valence-electron chi connectivity index (χ0n) is 5.74. The lowest BCUT2D eigenvalue weighted by Crippen LogP contribution is -1.90. The molecule has 1 atom stereocenters. The summed E-state index contributed by atoms with van der Waals surface area (Å²) in [6.07, 6.45) is 3.55. The largest absolute Gasteiger partial charge is 0.367 e. The van der Waals surface area contributed by atoms with Gasteiger partial charge in [-0.1, -0.05) is 0 Å². The maximum absolute atomic E-state index is 5.32. The normalized spacial score (nSPS) is 22.7. The maximum Gasteiger partial charge on any atom is 0.115 e. The number of ether oxygens (including phenoxy) is 1. The standard InChI is InChI=1S/C7H8N2O/c1-5-6-2-8-4-9-7(6)3-10-5/h2,4-5H,3H2,1H3. The Labute approximate surface area is 59.1 Å². The Kier molecular flexibility index (Phi) is 1.17. The molecular weight excluding hydrogens is 128 g/mol. The van der Waals surface area contributed by atoms with Gasteiger partial charge in [0.1, 0.15) is 6.33 Å². The molecular formula is C7H8N2O. The third-order valence-corrected chi connectivity index (χ3v) is 1.74. The van der Waals surface area contributed by atoms with Gasteiger partial charge in [-0.3, -0.25) is 0 Å². The third kappa shape index (κ3) is 0.708. The monoisotopic (exact) mass is 136 g/mol. The topological polar surface area (TPSA) is 35.0 Å². The quantitative estimate of drug-likeness (QED) is 0.535. The van der Waals surface area contributed by atoms with Crippen molar-refractivity contribution in [3.8, 4) is 0 Å². The first-order valence-corrected chi connectivity index (χ1v) is 3.28. The molecule has 0 radical (unpaired) electrons. The molecule has 10 heavy (non-hydrogen) atoms. The van der Waals surface area contributed by atoms with Gasteiger partial charge in [0.2, 0.25) is 0 Å². The predicted octanol–water partition coefficient (Wildman–Crippen LogP) is 1.07. The molecule has 0 saturated carbocycles. The maximum atomic E-state index is 5.32. The first-order valence-electron chi connectivity index (χ1n) is 3.28. The smallest absolute Gasteiger partial charge is 0.115 e. The second-order valence-corrected chi connectivity index (χ2v) is 2.38. The first kappa shape index (κ1) is 5.80. The zero-order chi connectivity index (χ0) is 6.97. The molecule has 3 heteroatoms. The van der Waals surface area contributed by atoms with Crippen LogP contribution in [0, 0.1) is 0 Å². The van der Waals surface area contributed by atoms with Crippen molar-refractivity contribution >= 4 is 0 Å². The first-order chi connectivity index (χ1) is 4.88. The summed E-state index contributed by atoms with van der Waals surface area (Å²) in [4.78, 5) is 7.99. The van der Waals surface area contributed by atoms with Gasteiger partial charge in [-0.25, -0.2) is 9.97 Å². The number of fused-ring (bicyclic) bond motifs is 1. The molecule has 0 amide bonds. The fraction of sp³-hybridized carbons (Fsp3) is 0.429. The SMILES string of the molecule is CC1OCc2ncncc21. The van der Waals surface area contributed by atoms with Gasteiger partial charge in [0, 0.05) is 11.8 Å². The minimum Gasteiger partial charge on any atom is -0.367 e. The van der Waals surface area contributed by atoms with Gasteiger partial charge in [0.25, 0.3) is 0 Å². The average Bonchev–Trinajstić information content (AvgIpc) is 2.34. The Morgan fingerprint density at radius 2 is 2.60 bits per heavy atom. The van der Waals surface area contributed by atoms with E-state index in [0.29, 0.717) is 6.61 Å². The van der Waals surface area contributed by atoms with Crippen molar-refractivity contribution in [1.82, 2.24) is 9.97 Å². The number of rotatable bonds is 0. The molecule has 0 aliphatic carbocycles. The van der Waals surface area contributed by atoms with E-state index in [2.05, 4.69) is 9.97 Å². The van der Waals surface area contributed by atoms with Crippen LogP contribution < -0.4 is 0 Å². The van der Waals surface area contributed by atoms with E-state index < -0.39 is 0 Å². The van der Waals surface area contributed by atoms with Crippen molar-refractivity contribution in [2.75, 3.05) is 0 Å². The fourth-order valence-electron chi connectivity index (χ4n) is 1.12. The van der Waals surface area contributed by atoms with E-state index in [9.17, 15) is 0 Å². The van der Waals surface area contributed by atoms with Gasteiger partial charge in [-0.05, 0) is 6.92 Å². The molecule has 1 aromatic rings. The summed E-state index contributed by atoms with van der Waals surface area (Å²) in [5.41, 5.74) is 2.16. The van der Waals surface area contributed by atoms with Crippen molar-refractivity contribution < 1.29 is 4.74 Å². The molecule has 2 rings (SSSR count). The van der Waals surface area contributed by atoms with E-state index >= 15 is 0 Å². The Balaban J connectivity index is 2.51. The summed E-state index contributed by atoms with van der Waals surface area (Å²) in [7, 11) is 0. The van der Waals surface area contributed by atoms with E-state index in [1.54, 1.807) is 6.33 Å². The van der Waals surface area contributed by atoms with Crippen LogP contribution in [0.5, 0.6) is 0 Å². The van der Waals surface area contributed by atoms with Crippen LogP contribution in [0.1, 0.15) is 24.3 Å². The molecule has 0 saturated heterocycles. The molecule has 3 nitrogen and oxygen atoms in total. The lowest BCUT2D eigenvalue weighted by molar-refractivity contribution is 0.0786. The Bertz CT molecular complexity index is 249. The number of aromatic nitrogens is 2. The van der Waals surface area contributed by atoms with Crippen LogP contribution in [-0.2, 0) is 11.3 Å². The lowest BCUT2D eigenvalue weighted by atomic mass is 10.2. The van der Waals surface area contributed by atoms with Crippen molar-refractivity contribution in [3.63, 3.8) is 0 Å². The van der Waals surface area contributed by atoms with Crippen molar-refractivity contribution in [1.29, 1.82) is 0 Å². The van der Waals surface area contributed by atoms with Crippen molar-refractivity contribution in [3.05, 3.63) is 23.8 Å². The van der Waals surface area contributed by atoms with Crippen molar-refractivity contribution in [2.24, 2.45) is 0 Å². The Morgan fingerprint density at radius 1 is 1.70 bits per heavy atom. The van der Waals surface area contributed by atoms with E-state index in [1.165, 1.54) is 0 Å². The molecule has 1 aromatic heterocycles. The van der Waals surface area contributed by atoms with Crippen LogP contribution in [0.25, 0.3) is 0 Å².